The first-order chi connectivity index (χ1) is 6.79. The van der Waals surface area contributed by atoms with Gasteiger partial charge in [-0.1, -0.05) is 0 Å². The molecule has 1 aromatic heterocycles. The second-order valence-corrected chi connectivity index (χ2v) is 4.10. The topological polar surface area (TPSA) is 41.3 Å². The van der Waals surface area contributed by atoms with E-state index in [1.54, 1.807) is 0 Å². The molecule has 1 aromatic rings. The summed E-state index contributed by atoms with van der Waals surface area (Å²) in [6, 6.07) is 2.37. The average molecular weight is 195 g/mol. The maximum Gasteiger partial charge on any atom is 0.0617 e. The molecule has 4 nitrogen and oxygen atoms in total. The third-order valence-electron chi connectivity index (χ3n) is 2.79. The lowest BCUT2D eigenvalue weighted by molar-refractivity contribution is 0.0436. The van der Waals surface area contributed by atoms with Crippen molar-refractivity contribution in [2.45, 2.75) is 13.0 Å². The van der Waals surface area contributed by atoms with Crippen LogP contribution in [0, 0.1) is 5.92 Å². The number of nitrogens with zero attached hydrogens (tertiary/aromatic N) is 3. The average Bonchev–Trinajstić information content (AvgIpc) is 2.62. The largest absolute Gasteiger partial charge is 0.396 e. The van der Waals surface area contributed by atoms with Gasteiger partial charge in [0.15, 0.2) is 0 Å². The summed E-state index contributed by atoms with van der Waals surface area (Å²) >= 11 is 0. The molecule has 2 heterocycles. The van der Waals surface area contributed by atoms with Crippen molar-refractivity contribution >= 4 is 0 Å². The third kappa shape index (κ3) is 1.96. The van der Waals surface area contributed by atoms with Crippen molar-refractivity contribution in [2.75, 3.05) is 26.2 Å². The predicted molar refractivity (Wildman–Crippen MR) is 54.0 cm³/mol. The van der Waals surface area contributed by atoms with Crippen molar-refractivity contribution in [2.24, 2.45) is 5.92 Å². The number of aliphatic hydroxyl groups excluding tert-OH is 1. The molecule has 0 radical (unpaired) electrons. The van der Waals surface area contributed by atoms with Gasteiger partial charge in [0.25, 0.3) is 0 Å². The standard InChI is InChI=1S/C10H17N3O/c1-9(13-4-2-3-11-13)5-12-6-10(7-12)8-14/h2-4,9-10,14H,5-8H2,1H3. The molecule has 0 bridgehead atoms. The Morgan fingerprint density at radius 2 is 2.36 bits per heavy atom. The summed E-state index contributed by atoms with van der Waals surface area (Å²) in [6.07, 6.45) is 3.80. The fourth-order valence-electron chi connectivity index (χ4n) is 1.94. The number of hydrogen-bond donors (Lipinski definition) is 1. The summed E-state index contributed by atoms with van der Waals surface area (Å²) in [6.45, 7) is 5.58. The number of aromatic nitrogens is 2. The van der Waals surface area contributed by atoms with E-state index in [1.165, 1.54) is 0 Å². The summed E-state index contributed by atoms with van der Waals surface area (Å²) < 4.78 is 1.98. The zero-order chi connectivity index (χ0) is 9.97. The van der Waals surface area contributed by atoms with Crippen LogP contribution in [-0.4, -0.2) is 46.0 Å². The monoisotopic (exact) mass is 195 g/mol. The molecule has 0 aliphatic carbocycles. The highest BCUT2D eigenvalue weighted by Gasteiger charge is 2.26. The molecular weight excluding hydrogens is 178 g/mol. The van der Waals surface area contributed by atoms with E-state index < -0.39 is 0 Å². The van der Waals surface area contributed by atoms with Gasteiger partial charge < -0.3 is 10.0 Å². The molecule has 4 heteroatoms. The van der Waals surface area contributed by atoms with Gasteiger partial charge in [-0.25, -0.2) is 0 Å². The summed E-state index contributed by atoms with van der Waals surface area (Å²) in [5.41, 5.74) is 0. The molecule has 1 unspecified atom stereocenters. The Kier molecular flexibility index (Phi) is 2.84. The zero-order valence-corrected chi connectivity index (χ0v) is 8.50. The van der Waals surface area contributed by atoms with Crippen LogP contribution in [0.5, 0.6) is 0 Å². The Labute approximate surface area is 84.1 Å². The number of likely N-dealkylation sites (tertiary alicyclic amines) is 1. The van der Waals surface area contributed by atoms with Crippen LogP contribution in [0.25, 0.3) is 0 Å². The normalized spacial score (nSPS) is 20.7. The van der Waals surface area contributed by atoms with E-state index in [9.17, 15) is 0 Å². The smallest absolute Gasteiger partial charge is 0.0617 e. The van der Waals surface area contributed by atoms with Gasteiger partial charge in [-0.15, -0.1) is 0 Å². The molecule has 2 rings (SSSR count). The Morgan fingerprint density at radius 3 is 2.93 bits per heavy atom. The van der Waals surface area contributed by atoms with Crippen molar-refractivity contribution in [3.8, 4) is 0 Å². The first-order valence-electron chi connectivity index (χ1n) is 5.12. The van der Waals surface area contributed by atoms with Crippen molar-refractivity contribution in [3.63, 3.8) is 0 Å². The SMILES string of the molecule is CC(CN1CC(CO)C1)n1cccn1. The van der Waals surface area contributed by atoms with Crippen LogP contribution in [0.15, 0.2) is 18.5 Å². The number of rotatable bonds is 4. The molecule has 14 heavy (non-hydrogen) atoms. The summed E-state index contributed by atoms with van der Waals surface area (Å²) in [7, 11) is 0. The minimum absolute atomic E-state index is 0.326. The molecule has 1 aliphatic heterocycles. The van der Waals surface area contributed by atoms with Crippen LogP contribution in [-0.2, 0) is 0 Å². The van der Waals surface area contributed by atoms with E-state index >= 15 is 0 Å². The molecule has 0 saturated carbocycles. The molecule has 0 spiro atoms. The van der Waals surface area contributed by atoms with Crippen molar-refractivity contribution < 1.29 is 5.11 Å². The molecular formula is C10H17N3O. The zero-order valence-electron chi connectivity index (χ0n) is 8.50. The van der Waals surface area contributed by atoms with E-state index in [4.69, 9.17) is 5.11 Å². The lowest BCUT2D eigenvalue weighted by Gasteiger charge is -2.39. The van der Waals surface area contributed by atoms with E-state index in [-0.39, 0.29) is 0 Å². The summed E-state index contributed by atoms with van der Waals surface area (Å²) in [5, 5.41) is 13.1. The fraction of sp³-hybridized carbons (Fsp3) is 0.700. The maximum atomic E-state index is 8.88. The highest BCUT2D eigenvalue weighted by Crippen LogP contribution is 2.17. The fourth-order valence-corrected chi connectivity index (χ4v) is 1.94. The van der Waals surface area contributed by atoms with Gasteiger partial charge in [0.1, 0.15) is 0 Å². The quantitative estimate of drug-likeness (QED) is 0.754. The maximum absolute atomic E-state index is 8.88. The van der Waals surface area contributed by atoms with E-state index in [0.717, 1.165) is 19.6 Å². The lowest BCUT2D eigenvalue weighted by Crippen LogP contribution is -2.49. The Hall–Kier alpha value is -0.870. The van der Waals surface area contributed by atoms with Crippen molar-refractivity contribution in [3.05, 3.63) is 18.5 Å². The Morgan fingerprint density at radius 1 is 1.57 bits per heavy atom. The second kappa shape index (κ2) is 4.11. The van der Waals surface area contributed by atoms with Crippen LogP contribution in [0.2, 0.25) is 0 Å². The van der Waals surface area contributed by atoms with Crippen LogP contribution in [0.4, 0.5) is 0 Å². The summed E-state index contributed by atoms with van der Waals surface area (Å²) in [5.74, 6) is 0.500. The van der Waals surface area contributed by atoms with Gasteiger partial charge in [-0.05, 0) is 13.0 Å². The highest BCUT2D eigenvalue weighted by molar-refractivity contribution is 4.84. The Balaban J connectivity index is 1.77. The van der Waals surface area contributed by atoms with Gasteiger partial charge in [0, 0.05) is 44.6 Å². The van der Waals surface area contributed by atoms with Gasteiger partial charge in [0.2, 0.25) is 0 Å². The predicted octanol–water partition coefficient (Wildman–Crippen LogP) is 0.368. The first-order valence-corrected chi connectivity index (χ1v) is 5.12. The molecule has 1 N–H and O–H groups in total. The van der Waals surface area contributed by atoms with Crippen molar-refractivity contribution in [1.82, 2.24) is 14.7 Å². The van der Waals surface area contributed by atoms with Crippen LogP contribution >= 0.6 is 0 Å². The minimum Gasteiger partial charge on any atom is -0.396 e. The van der Waals surface area contributed by atoms with E-state index in [0.29, 0.717) is 18.6 Å². The molecule has 1 atom stereocenters. The van der Waals surface area contributed by atoms with Crippen LogP contribution in [0.3, 0.4) is 0 Å². The third-order valence-corrected chi connectivity index (χ3v) is 2.79. The summed E-state index contributed by atoms with van der Waals surface area (Å²) in [4.78, 5) is 2.35. The molecule has 1 aliphatic rings. The van der Waals surface area contributed by atoms with E-state index in [1.807, 2.05) is 23.1 Å². The van der Waals surface area contributed by atoms with Gasteiger partial charge in [-0.3, -0.25) is 4.68 Å². The van der Waals surface area contributed by atoms with Gasteiger partial charge in [0.05, 0.1) is 6.04 Å². The van der Waals surface area contributed by atoms with Crippen LogP contribution < -0.4 is 0 Å². The second-order valence-electron chi connectivity index (χ2n) is 4.10. The van der Waals surface area contributed by atoms with Gasteiger partial charge >= 0.3 is 0 Å². The molecule has 1 fully saturated rings. The minimum atomic E-state index is 0.326. The van der Waals surface area contributed by atoms with E-state index in [2.05, 4.69) is 16.9 Å². The highest BCUT2D eigenvalue weighted by atomic mass is 16.3. The Bertz CT molecular complexity index is 267. The molecule has 0 amide bonds. The number of hydrogen-bond acceptors (Lipinski definition) is 3. The van der Waals surface area contributed by atoms with Gasteiger partial charge in [-0.2, -0.15) is 5.10 Å². The lowest BCUT2D eigenvalue weighted by atomic mass is 10.0. The molecule has 78 valence electrons. The molecule has 0 aromatic carbocycles. The van der Waals surface area contributed by atoms with Crippen LogP contribution in [0.1, 0.15) is 13.0 Å². The molecule has 1 saturated heterocycles. The first kappa shape index (κ1) is 9.68. The van der Waals surface area contributed by atoms with Crippen molar-refractivity contribution in [1.29, 1.82) is 0 Å². The number of aliphatic hydroxyl groups is 1.